The number of pyridine rings is 7. The van der Waals surface area contributed by atoms with Crippen molar-refractivity contribution in [1.82, 2.24) is 34.5 Å². The summed E-state index contributed by atoms with van der Waals surface area (Å²) in [5, 5.41) is 18.7. The molecule has 0 radical (unpaired) electrons. The first-order chi connectivity index (χ1) is 52.3. The number of carboxylic acids is 1. The van der Waals surface area contributed by atoms with Crippen molar-refractivity contribution < 1.29 is 146 Å². The van der Waals surface area contributed by atoms with Crippen LogP contribution in [0, 0.1) is 18.3 Å². The van der Waals surface area contributed by atoms with E-state index in [1.807, 2.05) is 13.0 Å². The predicted molar refractivity (Wildman–Crippen MR) is 440 cm³/mol. The fraction of sp³-hybridized carbons (Fsp3) is 0.357. The molecule has 111 heavy (non-hydrogen) atoms. The van der Waals surface area contributed by atoms with Crippen LogP contribution >= 0.6 is 105 Å². The van der Waals surface area contributed by atoms with Gasteiger partial charge in [-0.3, -0.25) is 42.7 Å². The molecule has 6 N–H and O–H groups in total. The molecule has 604 valence electrons. The number of ether oxygens (including phenoxy) is 6. The summed E-state index contributed by atoms with van der Waals surface area (Å²) in [5.74, 6) is -4.90. The molecule has 0 saturated carbocycles. The monoisotopic (exact) mass is 1980 g/mol. The Balaban J connectivity index is -0.000000289. The van der Waals surface area contributed by atoms with E-state index in [1.54, 1.807) is 122 Å². The molecule has 0 atom stereocenters. The Morgan fingerprint density at radius 3 is 1.58 bits per heavy atom. The van der Waals surface area contributed by atoms with Gasteiger partial charge in [0, 0.05) is 111 Å². The van der Waals surface area contributed by atoms with E-state index in [9.17, 15) is 57.1 Å². The first-order valence-electron chi connectivity index (χ1n) is 32.6. The Labute approximate surface area is 744 Å². The van der Waals surface area contributed by atoms with Crippen LogP contribution in [0.25, 0.3) is 11.0 Å². The van der Waals surface area contributed by atoms with Gasteiger partial charge in [-0.2, -0.15) is 17.9 Å². The first-order valence-corrected chi connectivity index (χ1v) is 38.7. The van der Waals surface area contributed by atoms with E-state index in [0.717, 1.165) is 31.2 Å². The summed E-state index contributed by atoms with van der Waals surface area (Å²) in [4.78, 5) is 157. The van der Waals surface area contributed by atoms with E-state index in [2.05, 4.69) is 145 Å². The van der Waals surface area contributed by atoms with Crippen molar-refractivity contribution in [3.63, 3.8) is 0 Å². The number of aliphatic carboxylic acids is 1. The number of nitrogen functional groups attached to an aromatic ring is 2. The number of carboxylic acid groups (broad SMARTS) is 1. The first kappa shape index (κ1) is 108. The molecule has 1 saturated heterocycles. The number of carbonyl (C=O) groups is 11. The summed E-state index contributed by atoms with van der Waals surface area (Å²) < 4.78 is 53.4. The summed E-state index contributed by atoms with van der Waals surface area (Å²) in [6.07, 6.45) is 4.16. The number of aromatic nitrogens is 7. The number of alkyl halides is 1. The summed E-state index contributed by atoms with van der Waals surface area (Å²) in [7, 11) is 3.91. The average Bonchev–Trinajstić information content (AvgIpc) is 0.814. The molecule has 9 heterocycles. The van der Waals surface area contributed by atoms with Crippen molar-refractivity contribution >= 4 is 209 Å². The zero-order valence-electron chi connectivity index (χ0n) is 65.4. The number of nitrogens with one attached hydrogen (secondary N) is 1. The van der Waals surface area contributed by atoms with Gasteiger partial charge in [-0.15, -0.1) is 0 Å². The van der Waals surface area contributed by atoms with Gasteiger partial charge in [-0.25, -0.2) is 49.1 Å². The van der Waals surface area contributed by atoms with Gasteiger partial charge >= 0.3 is 87.2 Å². The Morgan fingerprint density at radius 1 is 0.703 bits per heavy atom. The zero-order valence-corrected chi connectivity index (χ0v) is 75.9. The van der Waals surface area contributed by atoms with Gasteiger partial charge < -0.3 is 66.1 Å². The maximum absolute atomic E-state index is 11.7. The van der Waals surface area contributed by atoms with Crippen molar-refractivity contribution in [3.8, 4) is 6.07 Å². The number of aryl methyl sites for hydroxylation is 2. The quantitative estimate of drug-likeness (QED) is 0.0212. The SMILES string of the molecule is BrBr.C.C1CCOC1.CC(=O)O.CC(=O)OC(C)=O.CCOC(=O)c1nc(Br)ccc1N.CCOC(=O)c1nc(Br)ccc1N(C)C(C)=O.CCOC(=O)c1nc(Br)ccc1NC(C)=O.CCOC(=O)c1ncccc1N.CN1C(=O)CC(=O)c2nc(Br)ccc21.Cc1cc(=O)n(C)c2ccc(C#N)nc12.[2H]CF.[2H]CS.[H-].[K+]. The third-order valence-corrected chi connectivity index (χ3v) is 13.9. The van der Waals surface area contributed by atoms with Crippen molar-refractivity contribution in [2.24, 2.45) is 7.05 Å². The van der Waals surface area contributed by atoms with Gasteiger partial charge in [-0.1, -0.05) is 7.43 Å². The molecule has 9 rings (SSSR count). The topological polar surface area (TPSA) is 457 Å². The second-order valence-electron chi connectivity index (χ2n) is 20.1. The number of hydrogen-bond donors (Lipinski definition) is 5. The van der Waals surface area contributed by atoms with Crippen molar-refractivity contribution in [2.75, 3.05) is 93.7 Å². The van der Waals surface area contributed by atoms with Gasteiger partial charge in [0.15, 0.2) is 28.6 Å². The van der Waals surface area contributed by atoms with Crippen LogP contribution in [-0.4, -0.2) is 172 Å². The van der Waals surface area contributed by atoms with E-state index in [1.165, 1.54) is 67.2 Å². The number of hydrogen-bond acceptors (Lipinski definition) is 28. The minimum atomic E-state index is -1.00. The maximum atomic E-state index is 11.7. The molecule has 41 heteroatoms. The van der Waals surface area contributed by atoms with E-state index in [-0.39, 0.29) is 138 Å². The Bertz CT molecular complexity index is 4310. The molecule has 7 aromatic rings. The summed E-state index contributed by atoms with van der Waals surface area (Å²) in [6, 6.07) is 23.4. The van der Waals surface area contributed by atoms with Crippen LogP contribution in [0.2, 0.25) is 0 Å². The number of nitrogens with two attached hydrogens (primary N) is 2. The molecule has 0 unspecified atom stereocenters. The number of carbonyl (C=O) groups excluding carboxylic acids is 10. The molecular weight excluding hydrogens is 1900 g/mol. The smallest absolute Gasteiger partial charge is 1.00 e. The van der Waals surface area contributed by atoms with Crippen molar-refractivity contribution in [3.05, 3.63) is 154 Å². The molecule has 2 aliphatic heterocycles. The average molecular weight is 1990 g/mol. The molecule has 0 bridgehead atoms. The number of anilines is 5. The molecule has 7 aromatic heterocycles. The normalized spacial score (nSPS) is 10.6. The van der Waals surface area contributed by atoms with Gasteiger partial charge in [0.1, 0.15) is 35.9 Å². The van der Waals surface area contributed by atoms with E-state index >= 15 is 0 Å². The van der Waals surface area contributed by atoms with Gasteiger partial charge in [0.2, 0.25) is 17.7 Å². The number of Topliss-reactive ketones (excluding diaryl/α,β-unsaturated/α-hetero) is 1. The molecule has 0 spiro atoms. The third kappa shape index (κ3) is 45.1. The molecule has 0 aliphatic carbocycles. The zero-order chi connectivity index (χ0) is 85.6. The van der Waals surface area contributed by atoms with E-state index < -0.39 is 48.9 Å². The number of esters is 6. The Hall–Kier alpha value is -7.47. The second-order valence-corrected chi connectivity index (χ2v) is 23.3. The van der Waals surface area contributed by atoms with Crippen molar-refractivity contribution in [2.45, 2.75) is 95.9 Å². The van der Waals surface area contributed by atoms with Crippen LogP contribution in [0.5, 0.6) is 0 Å². The van der Waals surface area contributed by atoms with Crippen LogP contribution in [0.1, 0.15) is 157 Å². The summed E-state index contributed by atoms with van der Waals surface area (Å²) in [6.45, 7) is 18.1. The second kappa shape index (κ2) is 64.0. The van der Waals surface area contributed by atoms with Gasteiger partial charge in [-0.05, 0) is 196 Å². The molecule has 0 aromatic carbocycles. The van der Waals surface area contributed by atoms with Crippen LogP contribution in [0.4, 0.5) is 32.8 Å². The molecule has 32 nitrogen and oxygen atoms in total. The number of rotatable bonds is 10. The number of nitrogens with zero attached hydrogens (tertiary/aromatic N) is 10. The number of nitriles is 1. The van der Waals surface area contributed by atoms with Crippen LogP contribution in [-0.2, 0) is 64.2 Å². The maximum Gasteiger partial charge on any atom is 1.00 e. The van der Waals surface area contributed by atoms with Gasteiger partial charge in [0.05, 0.1) is 80.8 Å². The standard InChI is InChI=1S/C11H13BrN2O3.C11H9N3O.C10H11BrN2O3.C9H7BrN2O2.C8H9BrN2O2.C8H10N2O2.C4H6O3.C4H8O.C2H4O2.CH3F.CH4S.CH4.Br2.K.H/c1-4-17-11(16)10-8(14(3)7(2)15)5-6-9(12)13-10;1-7-5-10(15)14(2)9-4-3-8(6-12)13-11(7)9;1-3-16-10(15)9-7(12-6(2)14)4-5-8(11)13-9;1-12-5-2-3-7(10)11-9(5)6(13)4-8(12)14;1-2-13-8(12)7-5(10)3-4-6(9)11-7;1-2-12-8(11)7-6(9)4-3-5-10-7;1-3(5)7-4(2)6;1-2-4-5-3-1;1-2(3)4;2*1-2;;1-2;;/h5-6H,4H2,1-3H3;3-5H,1-2H3;4-5H,3H2,1-2H3,(H,12,14);2-3H,4H2,1H3;3-4H,2,10H2,1H3;3-5H,2,9H2,1H3;1-2H3;1-4H2;1H3,(H,3,4);1H3;2H,1H3;1H4;;;/q;;;;;;;;;;;;;+1;-1/i;;;;;;;;;2*1D;;;;. The fourth-order valence-corrected chi connectivity index (χ4v) is 8.77. The van der Waals surface area contributed by atoms with Crippen LogP contribution in [0.15, 0.2) is 108 Å². The minimum absolute atomic E-state index is 0. The summed E-state index contributed by atoms with van der Waals surface area (Å²) in [5.41, 5.74) is 16.5. The third-order valence-electron chi connectivity index (χ3n) is 12.1. The van der Waals surface area contributed by atoms with Crippen molar-refractivity contribution in [1.29, 1.82) is 5.26 Å². The Morgan fingerprint density at radius 2 is 1.14 bits per heavy atom. The van der Waals surface area contributed by atoms with E-state index in [4.69, 9.17) is 53.1 Å². The van der Waals surface area contributed by atoms with Crippen LogP contribution < -0.4 is 83.5 Å². The molecular formula is C70H89Br6FKN13O19S. The number of halogens is 7. The summed E-state index contributed by atoms with van der Waals surface area (Å²) >= 11 is 21.6. The number of fused-ring (bicyclic) bond motifs is 2. The predicted octanol–water partition coefficient (Wildman–Crippen LogP) is 10.5. The molecule has 1 fully saturated rings. The number of thiol groups is 1. The van der Waals surface area contributed by atoms with Crippen LogP contribution in [0.3, 0.4) is 0 Å². The largest absolute Gasteiger partial charge is 1.00 e. The Kier molecular flexibility index (Phi) is 62.1. The molecule has 2 aliphatic rings. The number of amides is 3. The van der Waals surface area contributed by atoms with Gasteiger partial charge in [0.25, 0.3) is 11.5 Å². The minimum Gasteiger partial charge on any atom is -1.00 e. The number of ketones is 1. The van der Waals surface area contributed by atoms with E-state index in [0.29, 0.717) is 77.0 Å². The molecule has 3 amide bonds. The fourth-order valence-electron chi connectivity index (χ4n) is 7.53.